The Hall–Kier alpha value is -1.28. The lowest BCUT2D eigenvalue weighted by molar-refractivity contribution is -0.0493. The van der Waals surface area contributed by atoms with Crippen molar-refractivity contribution in [3.8, 4) is 11.5 Å². The van der Waals surface area contributed by atoms with Gasteiger partial charge in [-0.15, -0.1) is 11.6 Å². The normalized spacial score (nSPS) is 11.5. The highest BCUT2D eigenvalue weighted by molar-refractivity contribution is 7.92. The molecule has 0 atom stereocenters. The van der Waals surface area contributed by atoms with E-state index >= 15 is 0 Å². The van der Waals surface area contributed by atoms with E-state index in [9.17, 15) is 17.2 Å². The summed E-state index contributed by atoms with van der Waals surface area (Å²) in [5.41, 5.74) is -0.0967. The summed E-state index contributed by atoms with van der Waals surface area (Å²) >= 11 is 5.48. The fourth-order valence-electron chi connectivity index (χ4n) is 1.52. The minimum atomic E-state index is -3.68. The predicted molar refractivity (Wildman–Crippen MR) is 77.0 cm³/mol. The third-order valence-corrected chi connectivity index (χ3v) is 4.09. The van der Waals surface area contributed by atoms with Gasteiger partial charge in [-0.1, -0.05) is 0 Å². The van der Waals surface area contributed by atoms with Gasteiger partial charge >= 0.3 is 6.61 Å². The van der Waals surface area contributed by atoms with Gasteiger partial charge in [-0.3, -0.25) is 4.72 Å². The van der Waals surface area contributed by atoms with Crippen LogP contribution in [-0.2, 0) is 10.0 Å². The lowest BCUT2D eigenvalue weighted by Crippen LogP contribution is -2.18. The average molecular weight is 344 g/mol. The van der Waals surface area contributed by atoms with Gasteiger partial charge in [0.25, 0.3) is 0 Å². The summed E-state index contributed by atoms with van der Waals surface area (Å²) < 4.78 is 59.8. The number of ether oxygens (including phenoxy) is 2. The molecule has 0 spiro atoms. The highest BCUT2D eigenvalue weighted by Crippen LogP contribution is 2.31. The quantitative estimate of drug-likeness (QED) is 0.553. The van der Waals surface area contributed by atoms with Crippen molar-refractivity contribution in [3.63, 3.8) is 0 Å². The zero-order valence-electron chi connectivity index (χ0n) is 11.3. The Morgan fingerprint density at radius 2 is 2.05 bits per heavy atom. The molecule has 1 aromatic rings. The zero-order chi connectivity index (χ0) is 15.9. The van der Waals surface area contributed by atoms with E-state index in [0.29, 0.717) is 24.5 Å². The molecule has 0 unspecified atom stereocenters. The van der Waals surface area contributed by atoms with Crippen LogP contribution in [0.3, 0.4) is 0 Å². The Kier molecular flexibility index (Phi) is 6.97. The number of sulfonamides is 1. The third kappa shape index (κ3) is 6.34. The Bertz CT molecular complexity index is 554. The van der Waals surface area contributed by atoms with Crippen molar-refractivity contribution in [1.82, 2.24) is 0 Å². The van der Waals surface area contributed by atoms with Gasteiger partial charge in [0.15, 0.2) is 0 Å². The largest absolute Gasteiger partial charge is 0.497 e. The summed E-state index contributed by atoms with van der Waals surface area (Å²) in [4.78, 5) is 0. The second-order valence-corrected chi connectivity index (χ2v) is 6.28. The SMILES string of the molecule is COc1ccc(OC(F)F)c(NS(=O)(=O)CCCCCl)c1. The fourth-order valence-corrected chi connectivity index (χ4v) is 2.89. The molecule has 5 nitrogen and oxygen atoms in total. The van der Waals surface area contributed by atoms with E-state index in [1.165, 1.54) is 25.3 Å². The van der Waals surface area contributed by atoms with Gasteiger partial charge in [0, 0.05) is 11.9 Å². The predicted octanol–water partition coefficient (Wildman–Crippen LogP) is 3.06. The number of methoxy groups -OCH3 is 1. The summed E-state index contributed by atoms with van der Waals surface area (Å²) in [6.07, 6.45) is 0.912. The molecule has 0 radical (unpaired) electrons. The molecule has 0 aliphatic carbocycles. The molecule has 1 aromatic carbocycles. The minimum absolute atomic E-state index is 0.0967. The van der Waals surface area contributed by atoms with Gasteiger partial charge in [-0.25, -0.2) is 8.42 Å². The number of rotatable bonds is 9. The first kappa shape index (κ1) is 17.8. The molecule has 1 rings (SSSR count). The standard InChI is InChI=1S/C12H16ClF2NO4S/c1-19-9-4-5-11(20-12(14)15)10(8-9)16-21(17,18)7-3-2-6-13/h4-5,8,12,16H,2-3,6-7H2,1H3. The van der Waals surface area contributed by atoms with Crippen molar-refractivity contribution >= 4 is 27.3 Å². The lowest BCUT2D eigenvalue weighted by atomic mass is 10.3. The molecule has 0 aromatic heterocycles. The highest BCUT2D eigenvalue weighted by atomic mass is 35.5. The number of unbranched alkanes of at least 4 members (excludes halogenated alkanes) is 1. The maximum Gasteiger partial charge on any atom is 0.387 e. The maximum atomic E-state index is 12.3. The van der Waals surface area contributed by atoms with Crippen LogP contribution in [0.2, 0.25) is 0 Å². The van der Waals surface area contributed by atoms with Crippen molar-refractivity contribution in [2.75, 3.05) is 23.5 Å². The van der Waals surface area contributed by atoms with Gasteiger partial charge in [0.1, 0.15) is 11.5 Å². The van der Waals surface area contributed by atoms with Crippen molar-refractivity contribution in [3.05, 3.63) is 18.2 Å². The number of hydrogen-bond acceptors (Lipinski definition) is 4. The first-order chi connectivity index (χ1) is 9.88. The first-order valence-electron chi connectivity index (χ1n) is 6.07. The molecule has 0 amide bonds. The van der Waals surface area contributed by atoms with Crippen LogP contribution >= 0.6 is 11.6 Å². The fraction of sp³-hybridized carbons (Fsp3) is 0.500. The number of anilines is 1. The van der Waals surface area contributed by atoms with Gasteiger partial charge in [-0.2, -0.15) is 8.78 Å². The third-order valence-electron chi connectivity index (χ3n) is 2.46. The second kappa shape index (κ2) is 8.23. The van der Waals surface area contributed by atoms with Gasteiger partial charge < -0.3 is 9.47 Å². The van der Waals surface area contributed by atoms with Crippen LogP contribution in [0.15, 0.2) is 18.2 Å². The first-order valence-corrected chi connectivity index (χ1v) is 8.26. The lowest BCUT2D eigenvalue weighted by Gasteiger charge is -2.14. The molecule has 0 saturated heterocycles. The van der Waals surface area contributed by atoms with Crippen LogP contribution in [-0.4, -0.2) is 33.8 Å². The van der Waals surface area contributed by atoms with Crippen molar-refractivity contribution in [1.29, 1.82) is 0 Å². The average Bonchev–Trinajstić information content (AvgIpc) is 2.40. The van der Waals surface area contributed by atoms with E-state index in [1.807, 2.05) is 0 Å². The van der Waals surface area contributed by atoms with Gasteiger partial charge in [-0.05, 0) is 25.0 Å². The number of benzene rings is 1. The molecule has 0 aliphatic rings. The number of alkyl halides is 3. The van der Waals surface area contributed by atoms with Crippen molar-refractivity contribution in [2.45, 2.75) is 19.5 Å². The molecule has 0 fully saturated rings. The van der Waals surface area contributed by atoms with Crippen LogP contribution in [0.4, 0.5) is 14.5 Å². The van der Waals surface area contributed by atoms with E-state index in [1.54, 1.807) is 0 Å². The van der Waals surface area contributed by atoms with Crippen molar-refractivity contribution in [2.24, 2.45) is 0 Å². The van der Waals surface area contributed by atoms with Gasteiger partial charge in [0.05, 0.1) is 18.6 Å². The number of hydrogen-bond donors (Lipinski definition) is 1. The summed E-state index contributed by atoms with van der Waals surface area (Å²) in [5.74, 6) is 0.237. The Labute approximate surface area is 127 Å². The second-order valence-electron chi connectivity index (χ2n) is 4.06. The number of halogens is 3. The molecule has 0 saturated carbocycles. The molecule has 0 aliphatic heterocycles. The van der Waals surface area contributed by atoms with Crippen LogP contribution in [0.5, 0.6) is 11.5 Å². The smallest absolute Gasteiger partial charge is 0.387 e. The molecular weight excluding hydrogens is 328 g/mol. The maximum absolute atomic E-state index is 12.3. The van der Waals surface area contributed by atoms with Crippen LogP contribution in [0.1, 0.15) is 12.8 Å². The molecule has 1 N–H and O–H groups in total. The zero-order valence-corrected chi connectivity index (χ0v) is 12.9. The molecule has 120 valence electrons. The van der Waals surface area contributed by atoms with Crippen LogP contribution in [0.25, 0.3) is 0 Å². The van der Waals surface area contributed by atoms with E-state index in [2.05, 4.69) is 9.46 Å². The van der Waals surface area contributed by atoms with Gasteiger partial charge in [0.2, 0.25) is 10.0 Å². The monoisotopic (exact) mass is 343 g/mol. The number of nitrogens with one attached hydrogen (secondary N) is 1. The van der Waals surface area contributed by atoms with E-state index < -0.39 is 16.6 Å². The van der Waals surface area contributed by atoms with Crippen LogP contribution < -0.4 is 14.2 Å². The van der Waals surface area contributed by atoms with Crippen molar-refractivity contribution < 1.29 is 26.7 Å². The summed E-state index contributed by atoms with van der Waals surface area (Å²) in [5, 5.41) is 0. The van der Waals surface area contributed by atoms with E-state index in [-0.39, 0.29) is 17.2 Å². The Balaban J connectivity index is 2.92. The minimum Gasteiger partial charge on any atom is -0.497 e. The Morgan fingerprint density at radius 3 is 2.62 bits per heavy atom. The van der Waals surface area contributed by atoms with E-state index in [4.69, 9.17) is 16.3 Å². The Morgan fingerprint density at radius 1 is 1.33 bits per heavy atom. The topological polar surface area (TPSA) is 64.6 Å². The highest BCUT2D eigenvalue weighted by Gasteiger charge is 2.16. The molecule has 0 bridgehead atoms. The van der Waals surface area contributed by atoms with E-state index in [0.717, 1.165) is 0 Å². The summed E-state index contributed by atoms with van der Waals surface area (Å²) in [6, 6.07) is 3.88. The molecular formula is C12H16ClF2NO4S. The van der Waals surface area contributed by atoms with Crippen LogP contribution in [0, 0.1) is 0 Å². The molecule has 21 heavy (non-hydrogen) atoms. The summed E-state index contributed by atoms with van der Waals surface area (Å²) in [6.45, 7) is -3.06. The summed E-state index contributed by atoms with van der Waals surface area (Å²) in [7, 11) is -2.30. The molecule has 9 heteroatoms. The molecule has 0 heterocycles.